The number of hydrogen-bond donors (Lipinski definition) is 1. The van der Waals surface area contributed by atoms with Crippen LogP contribution >= 0.6 is 11.8 Å². The molecule has 0 atom stereocenters. The smallest absolute Gasteiger partial charge is 0.289 e. The molecule has 1 amide bonds. The lowest BCUT2D eigenvalue weighted by atomic mass is 9.84. The molecule has 0 bridgehead atoms. The number of hydrogen-bond acceptors (Lipinski definition) is 5. The largest absolute Gasteiger partial charge is 0.451 e. The Morgan fingerprint density at radius 2 is 1.79 bits per heavy atom. The van der Waals surface area contributed by atoms with E-state index in [-0.39, 0.29) is 5.91 Å². The molecule has 0 saturated carbocycles. The van der Waals surface area contributed by atoms with Gasteiger partial charge in [-0.1, -0.05) is 6.07 Å². The minimum atomic E-state index is -1.02. The average Bonchev–Trinajstić information content (AvgIpc) is 3.26. The van der Waals surface area contributed by atoms with Crippen molar-refractivity contribution < 1.29 is 23.1 Å². The summed E-state index contributed by atoms with van der Waals surface area (Å²) in [6.45, 7) is 2.88. The number of thioether (sulfide) groups is 1. The van der Waals surface area contributed by atoms with Crippen LogP contribution in [0.15, 0.2) is 46.9 Å². The molecule has 0 aliphatic carbocycles. The van der Waals surface area contributed by atoms with E-state index in [1.54, 1.807) is 12.1 Å². The summed E-state index contributed by atoms with van der Waals surface area (Å²) in [6, 6.07) is 10.8. The number of carbonyl (C=O) groups is 1. The summed E-state index contributed by atoms with van der Waals surface area (Å²) in [5.41, 5.74) is 0.707. The van der Waals surface area contributed by atoms with Crippen LogP contribution in [0.5, 0.6) is 0 Å². The number of furan rings is 1. The van der Waals surface area contributed by atoms with Crippen LogP contribution in [-0.2, 0) is 12.1 Å². The van der Waals surface area contributed by atoms with Gasteiger partial charge in [0.2, 0.25) is 0 Å². The van der Waals surface area contributed by atoms with Gasteiger partial charge in [-0.3, -0.25) is 9.69 Å². The van der Waals surface area contributed by atoms with Gasteiger partial charge in [-0.25, -0.2) is 8.78 Å². The zero-order valence-corrected chi connectivity index (χ0v) is 19.0. The van der Waals surface area contributed by atoms with Gasteiger partial charge in [0.15, 0.2) is 5.76 Å². The molecule has 2 aliphatic heterocycles. The van der Waals surface area contributed by atoms with Crippen molar-refractivity contribution in [3.8, 4) is 0 Å². The molecule has 3 aromatic rings. The Balaban J connectivity index is 1.28. The number of halogens is 2. The zero-order chi connectivity index (χ0) is 23.0. The molecule has 2 saturated heterocycles. The number of fused-ring (bicyclic) bond motifs is 1. The van der Waals surface area contributed by atoms with Crippen LogP contribution in [-0.4, -0.2) is 58.5 Å². The molecule has 1 aromatic heterocycles. The van der Waals surface area contributed by atoms with Crippen LogP contribution in [0, 0.1) is 11.6 Å². The molecule has 2 aliphatic rings. The van der Waals surface area contributed by atoms with Crippen molar-refractivity contribution >= 4 is 28.6 Å². The van der Waals surface area contributed by atoms with Crippen molar-refractivity contribution in [3.05, 3.63) is 71.0 Å². The Hall–Kier alpha value is -2.42. The van der Waals surface area contributed by atoms with Crippen molar-refractivity contribution in [1.29, 1.82) is 0 Å². The monoisotopic (exact) mass is 472 g/mol. The van der Waals surface area contributed by atoms with Crippen LogP contribution in [0.1, 0.15) is 34.5 Å². The summed E-state index contributed by atoms with van der Waals surface area (Å²) >= 11 is 1.84. The quantitative estimate of drug-likeness (QED) is 0.611. The average molecular weight is 473 g/mol. The molecular weight excluding hydrogens is 446 g/mol. The fourth-order valence-electron chi connectivity index (χ4n) is 4.64. The molecule has 3 heterocycles. The SMILES string of the molecule is O=C(c1cc2cc(C3(O)CCN(Cc4cc(F)ccc4F)CC3)ccc2o1)N1CCSCC1. The van der Waals surface area contributed by atoms with Gasteiger partial charge in [0.1, 0.15) is 17.2 Å². The van der Waals surface area contributed by atoms with E-state index in [2.05, 4.69) is 0 Å². The molecular formula is C25H26F2N2O3S. The first-order valence-corrected chi connectivity index (χ1v) is 12.4. The predicted molar refractivity (Wildman–Crippen MR) is 124 cm³/mol. The van der Waals surface area contributed by atoms with Gasteiger partial charge < -0.3 is 14.4 Å². The third-order valence-corrected chi connectivity index (χ3v) is 7.59. The Kier molecular flexibility index (Phi) is 6.16. The lowest BCUT2D eigenvalue weighted by Crippen LogP contribution is -2.42. The van der Waals surface area contributed by atoms with E-state index in [9.17, 15) is 18.7 Å². The predicted octanol–water partition coefficient (Wildman–Crippen LogP) is 4.38. The van der Waals surface area contributed by atoms with Gasteiger partial charge in [0, 0.05) is 55.2 Å². The molecule has 1 N–H and O–H groups in total. The first-order valence-electron chi connectivity index (χ1n) is 11.2. The van der Waals surface area contributed by atoms with E-state index >= 15 is 0 Å². The van der Waals surface area contributed by atoms with E-state index in [4.69, 9.17) is 4.42 Å². The third kappa shape index (κ3) is 4.65. The fourth-order valence-corrected chi connectivity index (χ4v) is 5.54. The van der Waals surface area contributed by atoms with Crippen molar-refractivity contribution in [1.82, 2.24) is 9.80 Å². The van der Waals surface area contributed by atoms with Crippen LogP contribution in [0.2, 0.25) is 0 Å². The van der Waals surface area contributed by atoms with Gasteiger partial charge in [-0.15, -0.1) is 0 Å². The molecule has 33 heavy (non-hydrogen) atoms. The van der Waals surface area contributed by atoms with Crippen LogP contribution in [0.4, 0.5) is 8.78 Å². The summed E-state index contributed by atoms with van der Waals surface area (Å²) in [7, 11) is 0. The molecule has 174 valence electrons. The van der Waals surface area contributed by atoms with E-state index in [1.165, 1.54) is 6.07 Å². The van der Waals surface area contributed by atoms with Crippen LogP contribution in [0.25, 0.3) is 11.0 Å². The summed E-state index contributed by atoms with van der Waals surface area (Å²) in [6.07, 6.45) is 0.953. The topological polar surface area (TPSA) is 56.9 Å². The summed E-state index contributed by atoms with van der Waals surface area (Å²) in [5, 5.41) is 12.1. The molecule has 0 radical (unpaired) electrons. The number of rotatable bonds is 4. The van der Waals surface area contributed by atoms with Crippen molar-refractivity contribution in [2.24, 2.45) is 0 Å². The number of nitrogens with zero attached hydrogens (tertiary/aromatic N) is 2. The highest BCUT2D eigenvalue weighted by Crippen LogP contribution is 2.35. The first kappa shape index (κ1) is 22.4. The minimum Gasteiger partial charge on any atom is -0.451 e. The molecule has 5 nitrogen and oxygen atoms in total. The fraction of sp³-hybridized carbons (Fsp3) is 0.400. The highest BCUT2D eigenvalue weighted by Gasteiger charge is 2.34. The number of benzene rings is 2. The van der Waals surface area contributed by atoms with E-state index in [0.29, 0.717) is 49.4 Å². The molecule has 5 rings (SSSR count). The van der Waals surface area contributed by atoms with E-state index in [1.807, 2.05) is 33.7 Å². The van der Waals surface area contributed by atoms with Gasteiger partial charge >= 0.3 is 0 Å². The minimum absolute atomic E-state index is 0.0929. The number of carbonyl (C=O) groups excluding carboxylic acids is 1. The highest BCUT2D eigenvalue weighted by molar-refractivity contribution is 7.99. The molecule has 0 spiro atoms. The van der Waals surface area contributed by atoms with Gasteiger partial charge in [-0.2, -0.15) is 11.8 Å². The Labute approximate surface area is 195 Å². The normalized spacial score (nSPS) is 19.2. The molecule has 0 unspecified atom stereocenters. The maximum absolute atomic E-state index is 14.0. The molecule has 2 fully saturated rings. The zero-order valence-electron chi connectivity index (χ0n) is 18.2. The van der Waals surface area contributed by atoms with Gasteiger partial charge in [0.25, 0.3) is 5.91 Å². The van der Waals surface area contributed by atoms with Gasteiger partial charge in [-0.05, 0) is 54.8 Å². The maximum Gasteiger partial charge on any atom is 0.289 e. The molecule has 2 aromatic carbocycles. The Bertz CT molecular complexity index is 1170. The van der Waals surface area contributed by atoms with E-state index < -0.39 is 17.2 Å². The first-order chi connectivity index (χ1) is 15.9. The number of amides is 1. The second-order valence-corrected chi connectivity index (χ2v) is 10.0. The summed E-state index contributed by atoms with van der Waals surface area (Å²) in [4.78, 5) is 16.6. The Morgan fingerprint density at radius 1 is 1.03 bits per heavy atom. The second kappa shape index (κ2) is 9.08. The second-order valence-electron chi connectivity index (χ2n) is 8.81. The van der Waals surface area contributed by atoms with Crippen molar-refractivity contribution in [2.45, 2.75) is 25.0 Å². The lowest BCUT2D eigenvalue weighted by molar-refractivity contribution is -0.0278. The van der Waals surface area contributed by atoms with Crippen molar-refractivity contribution in [2.75, 3.05) is 37.7 Å². The van der Waals surface area contributed by atoms with E-state index in [0.717, 1.165) is 47.7 Å². The van der Waals surface area contributed by atoms with Crippen LogP contribution < -0.4 is 0 Å². The van der Waals surface area contributed by atoms with Gasteiger partial charge in [0.05, 0.1) is 5.60 Å². The van der Waals surface area contributed by atoms with Crippen molar-refractivity contribution in [3.63, 3.8) is 0 Å². The highest BCUT2D eigenvalue weighted by atomic mass is 32.2. The molecule has 8 heteroatoms. The van der Waals surface area contributed by atoms with Crippen LogP contribution in [0.3, 0.4) is 0 Å². The Morgan fingerprint density at radius 3 is 2.55 bits per heavy atom. The summed E-state index contributed by atoms with van der Waals surface area (Å²) in [5.74, 6) is 1.23. The number of piperidine rings is 1. The number of aliphatic hydroxyl groups is 1. The number of likely N-dealkylation sites (tertiary alicyclic amines) is 1. The third-order valence-electron chi connectivity index (χ3n) is 6.65. The lowest BCUT2D eigenvalue weighted by Gasteiger charge is -2.38. The standard InChI is InChI=1S/C25H26F2N2O3S/c26-20-2-3-21(27)18(14-20)16-28-7-5-25(31,6-8-28)19-1-4-22-17(13-19)15-23(32-22)24(30)29-9-11-33-12-10-29/h1-4,13-15,31H,5-12,16H2. The summed E-state index contributed by atoms with van der Waals surface area (Å²) < 4.78 is 33.3. The maximum atomic E-state index is 14.0.